The van der Waals surface area contributed by atoms with Crippen LogP contribution in [-0.4, -0.2) is 11.7 Å². The van der Waals surface area contributed by atoms with Gasteiger partial charge >= 0.3 is 0 Å². The number of nitrogens with two attached hydrogens (primary N) is 1. The van der Waals surface area contributed by atoms with Crippen LogP contribution in [0, 0.1) is 5.82 Å². The predicted molar refractivity (Wildman–Crippen MR) is 57.3 cm³/mol. The molecule has 0 amide bonds. The van der Waals surface area contributed by atoms with E-state index in [0.717, 1.165) is 0 Å². The molecule has 0 aliphatic rings. The SMILES string of the molecule is Cl.NC(CCO)c1cc(F)ccc1Cl. The van der Waals surface area contributed by atoms with Crippen molar-refractivity contribution in [1.82, 2.24) is 0 Å². The maximum Gasteiger partial charge on any atom is 0.123 e. The molecule has 1 aromatic carbocycles. The first kappa shape index (κ1) is 13.7. The van der Waals surface area contributed by atoms with Crippen LogP contribution in [0.5, 0.6) is 0 Å². The molecule has 14 heavy (non-hydrogen) atoms. The Morgan fingerprint density at radius 2 is 2.14 bits per heavy atom. The van der Waals surface area contributed by atoms with Crippen molar-refractivity contribution in [2.75, 3.05) is 6.61 Å². The number of rotatable bonds is 3. The van der Waals surface area contributed by atoms with E-state index >= 15 is 0 Å². The molecule has 2 nitrogen and oxygen atoms in total. The molecule has 3 N–H and O–H groups in total. The second kappa shape index (κ2) is 6.19. The second-order valence-electron chi connectivity index (χ2n) is 2.78. The number of halogens is 3. The second-order valence-corrected chi connectivity index (χ2v) is 3.19. The van der Waals surface area contributed by atoms with Crippen molar-refractivity contribution in [1.29, 1.82) is 0 Å². The van der Waals surface area contributed by atoms with Gasteiger partial charge in [-0.1, -0.05) is 11.6 Å². The van der Waals surface area contributed by atoms with Crippen molar-refractivity contribution in [2.45, 2.75) is 12.5 Å². The Morgan fingerprint density at radius 3 is 2.71 bits per heavy atom. The lowest BCUT2D eigenvalue weighted by molar-refractivity contribution is 0.276. The van der Waals surface area contributed by atoms with Gasteiger partial charge in [-0.05, 0) is 30.2 Å². The molecular weight excluding hydrogens is 228 g/mol. The Kier molecular flexibility index (Phi) is 6.04. The Bertz CT molecular complexity index is 296. The summed E-state index contributed by atoms with van der Waals surface area (Å²) in [6.07, 6.45) is 0.378. The summed E-state index contributed by atoms with van der Waals surface area (Å²) < 4.78 is 12.8. The van der Waals surface area contributed by atoms with Gasteiger partial charge in [0.2, 0.25) is 0 Å². The van der Waals surface area contributed by atoms with Gasteiger partial charge in [-0.2, -0.15) is 0 Å². The van der Waals surface area contributed by atoms with Crippen molar-refractivity contribution in [3.63, 3.8) is 0 Å². The molecule has 0 heterocycles. The number of benzene rings is 1. The largest absolute Gasteiger partial charge is 0.396 e. The summed E-state index contributed by atoms with van der Waals surface area (Å²) in [4.78, 5) is 0. The molecule has 1 rings (SSSR count). The van der Waals surface area contributed by atoms with E-state index in [0.29, 0.717) is 17.0 Å². The van der Waals surface area contributed by atoms with Crippen LogP contribution >= 0.6 is 24.0 Å². The first-order chi connectivity index (χ1) is 6.15. The predicted octanol–water partition coefficient (Wildman–Crippen LogP) is 2.28. The van der Waals surface area contributed by atoms with Gasteiger partial charge in [0, 0.05) is 17.7 Å². The summed E-state index contributed by atoms with van der Waals surface area (Å²) >= 11 is 5.80. The highest BCUT2D eigenvalue weighted by Crippen LogP contribution is 2.23. The molecule has 1 aromatic rings. The zero-order valence-electron chi connectivity index (χ0n) is 7.41. The van der Waals surface area contributed by atoms with E-state index in [1.54, 1.807) is 0 Å². The fourth-order valence-electron chi connectivity index (χ4n) is 1.09. The van der Waals surface area contributed by atoms with Gasteiger partial charge in [0.1, 0.15) is 5.82 Å². The van der Waals surface area contributed by atoms with Gasteiger partial charge < -0.3 is 10.8 Å². The molecule has 0 saturated heterocycles. The molecule has 0 aromatic heterocycles. The van der Waals surface area contributed by atoms with Gasteiger partial charge in [0.15, 0.2) is 0 Å². The van der Waals surface area contributed by atoms with E-state index in [2.05, 4.69) is 0 Å². The minimum absolute atomic E-state index is 0. The molecule has 0 spiro atoms. The van der Waals surface area contributed by atoms with Crippen molar-refractivity contribution in [2.24, 2.45) is 5.73 Å². The van der Waals surface area contributed by atoms with Gasteiger partial charge in [-0.15, -0.1) is 12.4 Å². The van der Waals surface area contributed by atoms with Crippen LogP contribution in [0.4, 0.5) is 4.39 Å². The average Bonchev–Trinajstić information content (AvgIpc) is 2.09. The van der Waals surface area contributed by atoms with Gasteiger partial charge in [0.05, 0.1) is 0 Å². The highest BCUT2D eigenvalue weighted by Gasteiger charge is 2.10. The van der Waals surface area contributed by atoms with Crippen molar-refractivity contribution in [3.8, 4) is 0 Å². The van der Waals surface area contributed by atoms with Crippen molar-refractivity contribution < 1.29 is 9.50 Å². The Hall–Kier alpha value is -0.350. The quantitative estimate of drug-likeness (QED) is 0.851. The summed E-state index contributed by atoms with van der Waals surface area (Å²) in [5, 5.41) is 9.07. The Labute approximate surface area is 93.3 Å². The van der Waals surface area contributed by atoms with Crippen molar-refractivity contribution >= 4 is 24.0 Å². The van der Waals surface area contributed by atoms with E-state index in [1.807, 2.05) is 0 Å². The lowest BCUT2D eigenvalue weighted by atomic mass is 10.1. The number of aliphatic hydroxyl groups is 1. The van der Waals surface area contributed by atoms with E-state index in [1.165, 1.54) is 18.2 Å². The summed E-state index contributed by atoms with van der Waals surface area (Å²) in [5.74, 6) is -0.368. The zero-order valence-corrected chi connectivity index (χ0v) is 8.98. The molecule has 0 aliphatic heterocycles. The van der Waals surface area contributed by atoms with Gasteiger partial charge in [-0.25, -0.2) is 4.39 Å². The van der Waals surface area contributed by atoms with Crippen LogP contribution < -0.4 is 5.73 Å². The lowest BCUT2D eigenvalue weighted by Gasteiger charge is -2.11. The van der Waals surface area contributed by atoms with E-state index in [-0.39, 0.29) is 24.8 Å². The average molecular weight is 240 g/mol. The smallest absolute Gasteiger partial charge is 0.123 e. The summed E-state index contributed by atoms with van der Waals surface area (Å²) in [5.41, 5.74) is 6.20. The molecule has 0 bridgehead atoms. The number of aliphatic hydroxyl groups excluding tert-OH is 1. The molecule has 0 saturated carbocycles. The van der Waals surface area contributed by atoms with Gasteiger partial charge in [0.25, 0.3) is 0 Å². The number of hydrogen-bond donors (Lipinski definition) is 2. The van der Waals surface area contributed by atoms with Crippen LogP contribution in [0.25, 0.3) is 0 Å². The molecule has 1 unspecified atom stereocenters. The highest BCUT2D eigenvalue weighted by atomic mass is 35.5. The monoisotopic (exact) mass is 239 g/mol. The molecule has 80 valence electrons. The molecular formula is C9H12Cl2FNO. The number of hydrogen-bond acceptors (Lipinski definition) is 2. The standard InChI is InChI=1S/C9H11ClFNO.ClH/c10-8-2-1-6(11)5-7(8)9(12)3-4-13;/h1-2,5,9,13H,3-4,12H2;1H. The van der Waals surface area contributed by atoms with E-state index in [9.17, 15) is 4.39 Å². The van der Waals surface area contributed by atoms with E-state index < -0.39 is 6.04 Å². The molecule has 5 heteroatoms. The first-order valence-electron chi connectivity index (χ1n) is 3.96. The minimum Gasteiger partial charge on any atom is -0.396 e. The summed E-state index contributed by atoms with van der Waals surface area (Å²) in [6.45, 7) is -0.0337. The maximum atomic E-state index is 12.8. The van der Waals surface area contributed by atoms with Crippen LogP contribution in [0.2, 0.25) is 5.02 Å². The third-order valence-electron chi connectivity index (χ3n) is 1.80. The third kappa shape index (κ3) is 3.42. The maximum absolute atomic E-state index is 12.8. The van der Waals surface area contributed by atoms with Crippen molar-refractivity contribution in [3.05, 3.63) is 34.6 Å². The fourth-order valence-corrected chi connectivity index (χ4v) is 1.35. The first-order valence-corrected chi connectivity index (χ1v) is 4.34. The summed E-state index contributed by atoms with van der Waals surface area (Å²) in [6, 6.07) is 3.62. The normalized spacial score (nSPS) is 12.0. The Balaban J connectivity index is 0.00000169. The van der Waals surface area contributed by atoms with E-state index in [4.69, 9.17) is 22.4 Å². The molecule has 0 aliphatic carbocycles. The third-order valence-corrected chi connectivity index (χ3v) is 2.14. The highest BCUT2D eigenvalue weighted by molar-refractivity contribution is 6.31. The Morgan fingerprint density at radius 1 is 1.50 bits per heavy atom. The minimum atomic E-state index is -0.409. The summed E-state index contributed by atoms with van der Waals surface area (Å²) in [7, 11) is 0. The van der Waals surface area contributed by atoms with Crippen LogP contribution in [-0.2, 0) is 0 Å². The zero-order chi connectivity index (χ0) is 9.84. The van der Waals surface area contributed by atoms with Gasteiger partial charge in [-0.3, -0.25) is 0 Å². The van der Waals surface area contributed by atoms with Crippen LogP contribution in [0.15, 0.2) is 18.2 Å². The molecule has 1 atom stereocenters. The fraction of sp³-hybridized carbons (Fsp3) is 0.333. The molecule has 0 fully saturated rings. The topological polar surface area (TPSA) is 46.2 Å². The lowest BCUT2D eigenvalue weighted by Crippen LogP contribution is -2.12. The van der Waals surface area contributed by atoms with Crippen LogP contribution in [0.3, 0.4) is 0 Å². The molecule has 0 radical (unpaired) electrons. The van der Waals surface area contributed by atoms with Crippen LogP contribution in [0.1, 0.15) is 18.0 Å².